The van der Waals surface area contributed by atoms with Crippen molar-refractivity contribution in [1.82, 2.24) is 4.90 Å². The normalized spacial score (nSPS) is 21.2. The quantitative estimate of drug-likeness (QED) is 0.592. The second kappa shape index (κ2) is 9.90. The van der Waals surface area contributed by atoms with E-state index in [1.54, 1.807) is 0 Å². The van der Waals surface area contributed by atoms with Crippen LogP contribution in [0.5, 0.6) is 0 Å². The number of nitrogens with zero attached hydrogens (tertiary/aromatic N) is 1. The van der Waals surface area contributed by atoms with Gasteiger partial charge in [0, 0.05) is 13.2 Å². The second-order valence-electron chi connectivity index (χ2n) is 5.59. The van der Waals surface area contributed by atoms with E-state index in [9.17, 15) is 0 Å². The molecule has 0 saturated carbocycles. The maximum absolute atomic E-state index is 8.91. The van der Waals surface area contributed by atoms with E-state index in [-0.39, 0.29) is 0 Å². The lowest BCUT2D eigenvalue weighted by Crippen LogP contribution is -2.22. The summed E-state index contributed by atoms with van der Waals surface area (Å²) in [7, 11) is 0. The number of hydrogen-bond acceptors (Lipinski definition) is 2. The van der Waals surface area contributed by atoms with Crippen molar-refractivity contribution in [1.29, 1.82) is 0 Å². The summed E-state index contributed by atoms with van der Waals surface area (Å²) in [6, 6.07) is 0. The van der Waals surface area contributed by atoms with Gasteiger partial charge in [0.15, 0.2) is 0 Å². The van der Waals surface area contributed by atoms with Gasteiger partial charge in [0.05, 0.1) is 0 Å². The van der Waals surface area contributed by atoms with Gasteiger partial charge in [-0.25, -0.2) is 0 Å². The van der Waals surface area contributed by atoms with Crippen LogP contribution in [0.1, 0.15) is 64.7 Å². The maximum Gasteiger partial charge on any atom is 0.0434 e. The van der Waals surface area contributed by atoms with Crippen LogP contribution >= 0.6 is 0 Å². The summed E-state index contributed by atoms with van der Waals surface area (Å²) in [6.07, 6.45) is 12.1. The molecule has 1 rings (SSSR count). The molecular formula is C15H31NO. The molecule has 0 spiro atoms. The minimum absolute atomic E-state index is 0.371. The number of rotatable bonds is 10. The second-order valence-corrected chi connectivity index (χ2v) is 5.59. The number of hydrogen-bond donors (Lipinski definition) is 1. The first-order valence-corrected chi connectivity index (χ1v) is 7.70. The first kappa shape index (κ1) is 15.0. The molecule has 1 aliphatic rings. The fourth-order valence-electron chi connectivity index (χ4n) is 2.83. The monoisotopic (exact) mass is 241 g/mol. The standard InChI is InChI=1S/C15H31NO/c1-2-3-4-5-6-7-8-11-16-12-9-15(14-16)10-13-17/h15,17H,2-14H2,1H3. The van der Waals surface area contributed by atoms with Gasteiger partial charge in [-0.2, -0.15) is 0 Å². The molecule has 0 amide bonds. The van der Waals surface area contributed by atoms with Crippen molar-refractivity contribution in [2.75, 3.05) is 26.2 Å². The van der Waals surface area contributed by atoms with Gasteiger partial charge in [0.1, 0.15) is 0 Å². The highest BCUT2D eigenvalue weighted by molar-refractivity contribution is 4.75. The Labute approximate surface area is 107 Å². The van der Waals surface area contributed by atoms with Gasteiger partial charge < -0.3 is 10.0 Å². The van der Waals surface area contributed by atoms with Crippen molar-refractivity contribution in [3.8, 4) is 0 Å². The van der Waals surface area contributed by atoms with Crippen LogP contribution < -0.4 is 0 Å². The molecular weight excluding hydrogens is 210 g/mol. The summed E-state index contributed by atoms with van der Waals surface area (Å²) in [5.74, 6) is 0.768. The number of likely N-dealkylation sites (tertiary alicyclic amines) is 1. The van der Waals surface area contributed by atoms with Crippen LogP contribution in [0.25, 0.3) is 0 Å². The summed E-state index contributed by atoms with van der Waals surface area (Å²) in [5.41, 5.74) is 0. The Morgan fingerprint density at radius 3 is 2.47 bits per heavy atom. The fraction of sp³-hybridized carbons (Fsp3) is 1.00. The molecule has 2 heteroatoms. The predicted molar refractivity (Wildman–Crippen MR) is 74.2 cm³/mol. The Kier molecular flexibility index (Phi) is 8.72. The molecule has 0 aliphatic carbocycles. The van der Waals surface area contributed by atoms with Crippen molar-refractivity contribution in [2.45, 2.75) is 64.7 Å². The van der Waals surface area contributed by atoms with Gasteiger partial charge in [0.25, 0.3) is 0 Å². The summed E-state index contributed by atoms with van der Waals surface area (Å²) in [6.45, 7) is 6.43. The molecule has 2 nitrogen and oxygen atoms in total. The van der Waals surface area contributed by atoms with Crippen LogP contribution in [-0.2, 0) is 0 Å². The van der Waals surface area contributed by atoms with Crippen LogP contribution in [0.4, 0.5) is 0 Å². The van der Waals surface area contributed by atoms with E-state index in [1.807, 2.05) is 0 Å². The maximum atomic E-state index is 8.91. The Morgan fingerprint density at radius 1 is 1.06 bits per heavy atom. The molecule has 1 N–H and O–H groups in total. The molecule has 1 fully saturated rings. The summed E-state index contributed by atoms with van der Waals surface area (Å²) >= 11 is 0. The topological polar surface area (TPSA) is 23.5 Å². The van der Waals surface area contributed by atoms with E-state index in [0.717, 1.165) is 12.3 Å². The largest absolute Gasteiger partial charge is 0.396 e. The highest BCUT2D eigenvalue weighted by Gasteiger charge is 2.20. The van der Waals surface area contributed by atoms with Crippen LogP contribution in [-0.4, -0.2) is 36.2 Å². The summed E-state index contributed by atoms with van der Waals surface area (Å²) in [4.78, 5) is 2.59. The fourth-order valence-corrected chi connectivity index (χ4v) is 2.83. The smallest absolute Gasteiger partial charge is 0.0434 e. The zero-order valence-electron chi connectivity index (χ0n) is 11.7. The van der Waals surface area contributed by atoms with Crippen molar-refractivity contribution in [2.24, 2.45) is 5.92 Å². The third kappa shape index (κ3) is 7.05. The lowest BCUT2D eigenvalue weighted by molar-refractivity contribution is 0.250. The lowest BCUT2D eigenvalue weighted by Gasteiger charge is -2.15. The van der Waals surface area contributed by atoms with Crippen LogP contribution in [0, 0.1) is 5.92 Å². The van der Waals surface area contributed by atoms with E-state index >= 15 is 0 Å². The molecule has 102 valence electrons. The van der Waals surface area contributed by atoms with E-state index in [0.29, 0.717) is 6.61 Å². The Hall–Kier alpha value is -0.0800. The van der Waals surface area contributed by atoms with Gasteiger partial charge in [-0.1, -0.05) is 45.4 Å². The lowest BCUT2D eigenvalue weighted by atomic mass is 10.1. The SMILES string of the molecule is CCCCCCCCCN1CCC(CCO)C1. The average Bonchev–Trinajstić information content (AvgIpc) is 2.76. The van der Waals surface area contributed by atoms with Gasteiger partial charge in [-0.05, 0) is 38.3 Å². The predicted octanol–water partition coefficient (Wildman–Crippen LogP) is 3.44. The molecule has 0 radical (unpaired) electrons. The molecule has 1 unspecified atom stereocenters. The first-order chi connectivity index (χ1) is 8.36. The van der Waals surface area contributed by atoms with Crippen molar-refractivity contribution in [3.05, 3.63) is 0 Å². The summed E-state index contributed by atoms with van der Waals surface area (Å²) in [5, 5.41) is 8.91. The molecule has 0 aromatic carbocycles. The average molecular weight is 241 g/mol. The van der Waals surface area contributed by atoms with E-state index < -0.39 is 0 Å². The zero-order valence-corrected chi connectivity index (χ0v) is 11.7. The van der Waals surface area contributed by atoms with Gasteiger partial charge in [-0.3, -0.25) is 0 Å². The van der Waals surface area contributed by atoms with Gasteiger partial charge in [-0.15, -0.1) is 0 Å². The van der Waals surface area contributed by atoms with Crippen LogP contribution in [0.15, 0.2) is 0 Å². The van der Waals surface area contributed by atoms with Crippen molar-refractivity contribution in [3.63, 3.8) is 0 Å². The molecule has 0 aromatic heterocycles. The molecule has 1 aliphatic heterocycles. The van der Waals surface area contributed by atoms with Crippen LogP contribution in [0.2, 0.25) is 0 Å². The minimum Gasteiger partial charge on any atom is -0.396 e. The van der Waals surface area contributed by atoms with E-state index in [4.69, 9.17) is 5.11 Å². The third-order valence-electron chi connectivity index (χ3n) is 3.99. The Bertz CT molecular complexity index is 172. The van der Waals surface area contributed by atoms with Crippen molar-refractivity contribution >= 4 is 0 Å². The highest BCUT2D eigenvalue weighted by atomic mass is 16.3. The van der Waals surface area contributed by atoms with Gasteiger partial charge >= 0.3 is 0 Å². The molecule has 1 heterocycles. The first-order valence-electron chi connectivity index (χ1n) is 7.70. The van der Waals surface area contributed by atoms with E-state index in [1.165, 1.54) is 71.0 Å². The highest BCUT2D eigenvalue weighted by Crippen LogP contribution is 2.19. The number of aliphatic hydroxyl groups is 1. The molecule has 1 saturated heterocycles. The minimum atomic E-state index is 0.371. The number of unbranched alkanes of at least 4 members (excludes halogenated alkanes) is 6. The molecule has 0 bridgehead atoms. The Balaban J connectivity index is 1.87. The third-order valence-corrected chi connectivity index (χ3v) is 3.99. The van der Waals surface area contributed by atoms with Crippen molar-refractivity contribution < 1.29 is 5.11 Å². The summed E-state index contributed by atoms with van der Waals surface area (Å²) < 4.78 is 0. The molecule has 1 atom stereocenters. The number of aliphatic hydroxyl groups excluding tert-OH is 1. The van der Waals surface area contributed by atoms with E-state index in [2.05, 4.69) is 11.8 Å². The molecule has 0 aromatic rings. The zero-order chi connectivity index (χ0) is 12.3. The molecule has 17 heavy (non-hydrogen) atoms. The Morgan fingerprint density at radius 2 is 1.76 bits per heavy atom. The van der Waals surface area contributed by atoms with Gasteiger partial charge in [0.2, 0.25) is 0 Å². The van der Waals surface area contributed by atoms with Crippen LogP contribution in [0.3, 0.4) is 0 Å².